The average molecular weight is 261 g/mol. The third-order valence-corrected chi connectivity index (χ3v) is 3.34. The lowest BCUT2D eigenvalue weighted by molar-refractivity contribution is 1.09. The van der Waals surface area contributed by atoms with Gasteiger partial charge in [0.25, 0.3) is 0 Å². The normalized spacial score (nSPS) is 11.0. The van der Waals surface area contributed by atoms with Crippen LogP contribution in [0, 0.1) is 0 Å². The average Bonchev–Trinajstić information content (AvgIpc) is 3.18. The first-order chi connectivity index (χ1) is 9.92. The smallest absolute Gasteiger partial charge is 0.0992 e. The van der Waals surface area contributed by atoms with Crippen molar-refractivity contribution in [2.75, 3.05) is 0 Å². The number of hydrogen-bond donors (Lipinski definition) is 1. The number of fused-ring (bicyclic) bond motifs is 1. The molecule has 20 heavy (non-hydrogen) atoms. The number of imidazole rings is 1. The van der Waals surface area contributed by atoms with Gasteiger partial charge in [-0.15, -0.1) is 0 Å². The summed E-state index contributed by atoms with van der Waals surface area (Å²) in [6.45, 7) is 0. The molecule has 4 aromatic heterocycles. The van der Waals surface area contributed by atoms with E-state index in [-0.39, 0.29) is 0 Å². The number of hydrogen-bond acceptors (Lipinski definition) is 3. The van der Waals surface area contributed by atoms with Gasteiger partial charge in [0.15, 0.2) is 0 Å². The molecule has 0 unspecified atom stereocenters. The first-order valence-electron chi connectivity index (χ1n) is 6.27. The molecule has 5 heteroatoms. The topological polar surface area (TPSA) is 58.9 Å². The Hall–Kier alpha value is -2.95. The summed E-state index contributed by atoms with van der Waals surface area (Å²) in [6.07, 6.45) is 13.0. The molecular formula is C15H11N5. The summed E-state index contributed by atoms with van der Waals surface area (Å²) in [5.41, 5.74) is 5.47. The maximum Gasteiger partial charge on any atom is 0.0992 e. The van der Waals surface area contributed by atoms with E-state index in [1.165, 1.54) is 0 Å². The van der Waals surface area contributed by atoms with Crippen molar-refractivity contribution in [3.63, 3.8) is 0 Å². The molecule has 0 fully saturated rings. The molecule has 0 saturated carbocycles. The highest BCUT2D eigenvalue weighted by Gasteiger charge is 2.09. The largest absolute Gasteiger partial charge is 0.305 e. The van der Waals surface area contributed by atoms with E-state index in [4.69, 9.17) is 0 Å². The first-order valence-corrected chi connectivity index (χ1v) is 6.27. The Morgan fingerprint density at radius 2 is 1.85 bits per heavy atom. The number of aromatic nitrogens is 5. The molecule has 0 aliphatic carbocycles. The number of nitrogens with one attached hydrogen (secondary N) is 1. The molecule has 4 aromatic rings. The van der Waals surface area contributed by atoms with Gasteiger partial charge in [0.2, 0.25) is 0 Å². The van der Waals surface area contributed by atoms with Gasteiger partial charge >= 0.3 is 0 Å². The van der Waals surface area contributed by atoms with Crippen molar-refractivity contribution in [3.05, 3.63) is 61.7 Å². The first kappa shape index (κ1) is 10.9. The van der Waals surface area contributed by atoms with Crippen LogP contribution in [0.3, 0.4) is 0 Å². The van der Waals surface area contributed by atoms with Crippen LogP contribution in [0.5, 0.6) is 0 Å². The summed E-state index contributed by atoms with van der Waals surface area (Å²) < 4.78 is 2.03. The van der Waals surface area contributed by atoms with Gasteiger partial charge < -0.3 is 4.40 Å². The van der Waals surface area contributed by atoms with Gasteiger partial charge in [-0.25, -0.2) is 4.98 Å². The van der Waals surface area contributed by atoms with E-state index in [1.807, 2.05) is 41.5 Å². The van der Waals surface area contributed by atoms with Gasteiger partial charge in [-0.1, -0.05) is 0 Å². The Morgan fingerprint density at radius 3 is 2.65 bits per heavy atom. The number of rotatable bonds is 2. The van der Waals surface area contributed by atoms with Crippen molar-refractivity contribution >= 4 is 5.52 Å². The molecule has 4 heterocycles. The number of pyridine rings is 2. The van der Waals surface area contributed by atoms with Crippen LogP contribution in [0.2, 0.25) is 0 Å². The lowest BCUT2D eigenvalue weighted by Crippen LogP contribution is -1.89. The van der Waals surface area contributed by atoms with E-state index < -0.39 is 0 Å². The quantitative estimate of drug-likeness (QED) is 0.603. The Labute approximate surface area is 115 Å². The highest BCUT2D eigenvalue weighted by atomic mass is 15.1. The second-order valence-electron chi connectivity index (χ2n) is 4.55. The third kappa shape index (κ3) is 1.68. The van der Waals surface area contributed by atoms with Gasteiger partial charge in [-0.3, -0.25) is 10.1 Å². The van der Waals surface area contributed by atoms with Gasteiger partial charge in [0.1, 0.15) is 0 Å². The molecule has 0 radical (unpaired) electrons. The van der Waals surface area contributed by atoms with Crippen molar-refractivity contribution in [2.45, 2.75) is 0 Å². The molecule has 0 spiro atoms. The zero-order valence-electron chi connectivity index (χ0n) is 10.6. The molecular weight excluding hydrogens is 250 g/mol. The van der Waals surface area contributed by atoms with Crippen LogP contribution >= 0.6 is 0 Å². The number of aromatic amines is 1. The van der Waals surface area contributed by atoms with Gasteiger partial charge in [-0.2, -0.15) is 5.10 Å². The van der Waals surface area contributed by atoms with Crippen LogP contribution in [-0.4, -0.2) is 24.6 Å². The minimum Gasteiger partial charge on any atom is -0.305 e. The van der Waals surface area contributed by atoms with E-state index in [2.05, 4.69) is 32.4 Å². The molecule has 5 nitrogen and oxygen atoms in total. The van der Waals surface area contributed by atoms with Crippen molar-refractivity contribution in [2.24, 2.45) is 0 Å². The molecule has 0 amide bonds. The van der Waals surface area contributed by atoms with Crippen molar-refractivity contribution in [1.82, 2.24) is 24.6 Å². The van der Waals surface area contributed by atoms with Crippen molar-refractivity contribution < 1.29 is 0 Å². The maximum atomic E-state index is 4.23. The number of H-pyrrole nitrogens is 1. The fourth-order valence-electron chi connectivity index (χ4n) is 2.36. The highest BCUT2D eigenvalue weighted by molar-refractivity contribution is 5.83. The Balaban J connectivity index is 2.01. The Bertz CT molecular complexity index is 847. The summed E-state index contributed by atoms with van der Waals surface area (Å²) in [5, 5.41) is 6.85. The number of nitrogens with zero attached hydrogens (tertiary/aromatic N) is 4. The predicted molar refractivity (Wildman–Crippen MR) is 76.0 cm³/mol. The summed E-state index contributed by atoms with van der Waals surface area (Å²) in [5.74, 6) is 0. The molecule has 1 N–H and O–H groups in total. The lowest BCUT2D eigenvalue weighted by atomic mass is 10.0. The minimum absolute atomic E-state index is 1.05. The molecule has 0 aromatic carbocycles. The molecule has 0 aliphatic heterocycles. The lowest BCUT2D eigenvalue weighted by Gasteiger charge is -2.07. The van der Waals surface area contributed by atoms with Crippen LogP contribution < -0.4 is 0 Å². The molecule has 0 saturated heterocycles. The highest BCUT2D eigenvalue weighted by Crippen LogP contribution is 2.29. The van der Waals surface area contributed by atoms with Crippen LogP contribution in [0.15, 0.2) is 61.7 Å². The van der Waals surface area contributed by atoms with Crippen LogP contribution in [0.25, 0.3) is 27.8 Å². The fraction of sp³-hybridized carbons (Fsp3) is 0. The monoisotopic (exact) mass is 261 g/mol. The van der Waals surface area contributed by atoms with Gasteiger partial charge in [0, 0.05) is 41.5 Å². The third-order valence-electron chi connectivity index (χ3n) is 3.34. The molecule has 0 atom stereocenters. The summed E-state index contributed by atoms with van der Waals surface area (Å²) >= 11 is 0. The van der Waals surface area contributed by atoms with Crippen LogP contribution in [0.1, 0.15) is 0 Å². The van der Waals surface area contributed by atoms with E-state index in [9.17, 15) is 0 Å². The van der Waals surface area contributed by atoms with E-state index >= 15 is 0 Å². The van der Waals surface area contributed by atoms with E-state index in [0.717, 1.165) is 27.8 Å². The second-order valence-corrected chi connectivity index (χ2v) is 4.55. The summed E-state index contributed by atoms with van der Waals surface area (Å²) in [6, 6.07) is 6.15. The van der Waals surface area contributed by atoms with Gasteiger partial charge in [-0.05, 0) is 23.8 Å². The Kier molecular flexibility index (Phi) is 2.35. The SMILES string of the molecule is c1cc(-c2cc(-c3cn[nH]c3)cn3cncc23)ccn1. The predicted octanol–water partition coefficient (Wildman–Crippen LogP) is 2.79. The summed E-state index contributed by atoms with van der Waals surface area (Å²) in [7, 11) is 0. The fourth-order valence-corrected chi connectivity index (χ4v) is 2.36. The van der Waals surface area contributed by atoms with Crippen molar-refractivity contribution in [1.29, 1.82) is 0 Å². The molecule has 0 bridgehead atoms. The van der Waals surface area contributed by atoms with Crippen LogP contribution in [-0.2, 0) is 0 Å². The molecule has 0 aliphatic rings. The second kappa shape index (κ2) is 4.31. The minimum atomic E-state index is 1.05. The summed E-state index contributed by atoms with van der Waals surface area (Å²) in [4.78, 5) is 8.31. The molecule has 4 rings (SSSR count). The Morgan fingerprint density at radius 1 is 0.950 bits per heavy atom. The van der Waals surface area contributed by atoms with Gasteiger partial charge in [0.05, 0.1) is 24.2 Å². The molecule has 96 valence electrons. The maximum absolute atomic E-state index is 4.23. The van der Waals surface area contributed by atoms with E-state index in [0.29, 0.717) is 0 Å². The zero-order valence-corrected chi connectivity index (χ0v) is 10.6. The van der Waals surface area contributed by atoms with Crippen molar-refractivity contribution in [3.8, 4) is 22.3 Å². The zero-order chi connectivity index (χ0) is 13.4. The van der Waals surface area contributed by atoms with Crippen LogP contribution in [0.4, 0.5) is 0 Å². The standard InChI is InChI=1S/C15H11N5/c1-3-16-4-2-11(1)14-5-12(13-6-18-19-7-13)9-20-10-17-8-15(14)20/h1-10H,(H,18,19). The van der Waals surface area contributed by atoms with E-state index in [1.54, 1.807) is 12.4 Å².